The molecule has 2 aromatic rings. The van der Waals surface area contributed by atoms with Gasteiger partial charge in [-0.05, 0) is 44.0 Å². The summed E-state index contributed by atoms with van der Waals surface area (Å²) in [6, 6.07) is 4.79. The zero-order valence-electron chi connectivity index (χ0n) is 12.0. The van der Waals surface area contributed by atoms with Crippen LogP contribution >= 0.6 is 11.3 Å². The Hall–Kier alpha value is -1.46. The second-order valence-electron chi connectivity index (χ2n) is 5.21. The number of rotatable bonds is 4. The zero-order valence-corrected chi connectivity index (χ0v) is 12.8. The maximum absolute atomic E-state index is 4.59. The molecule has 1 unspecified atom stereocenters. The fraction of sp³-hybridized carbons (Fsp3) is 0.467. The first-order valence-electron chi connectivity index (χ1n) is 7.05. The molecule has 1 saturated heterocycles. The smallest absolute Gasteiger partial charge is 0.125 e. The predicted octanol–water partition coefficient (Wildman–Crippen LogP) is 3.23. The van der Waals surface area contributed by atoms with Crippen molar-refractivity contribution in [2.24, 2.45) is 0 Å². The van der Waals surface area contributed by atoms with Crippen LogP contribution in [-0.2, 0) is 6.54 Å². The molecule has 4 nitrogen and oxygen atoms in total. The third kappa shape index (κ3) is 2.83. The summed E-state index contributed by atoms with van der Waals surface area (Å²) in [5.41, 5.74) is 2.55. The largest absolute Gasteiger partial charge is 0.373 e. The van der Waals surface area contributed by atoms with Gasteiger partial charge in [-0.1, -0.05) is 0 Å². The van der Waals surface area contributed by atoms with Crippen LogP contribution in [0.5, 0.6) is 0 Å². The van der Waals surface area contributed by atoms with Crippen molar-refractivity contribution in [2.45, 2.75) is 32.4 Å². The average molecular weight is 288 g/mol. The minimum atomic E-state index is 0.493. The maximum atomic E-state index is 4.59. The molecular formula is C15H20N4S. The summed E-state index contributed by atoms with van der Waals surface area (Å²) in [7, 11) is 1.91. The zero-order chi connectivity index (χ0) is 13.9. The number of thiazole rings is 1. The molecule has 106 valence electrons. The highest BCUT2D eigenvalue weighted by Crippen LogP contribution is 2.33. The van der Waals surface area contributed by atoms with Gasteiger partial charge in [-0.25, -0.2) is 9.97 Å². The number of aryl methyl sites for hydroxylation is 1. The minimum Gasteiger partial charge on any atom is -0.373 e. The monoisotopic (exact) mass is 288 g/mol. The Morgan fingerprint density at radius 2 is 2.40 bits per heavy atom. The van der Waals surface area contributed by atoms with Crippen molar-refractivity contribution in [3.63, 3.8) is 0 Å². The molecule has 3 rings (SSSR count). The van der Waals surface area contributed by atoms with E-state index in [9.17, 15) is 0 Å². The Morgan fingerprint density at radius 3 is 3.15 bits per heavy atom. The maximum Gasteiger partial charge on any atom is 0.125 e. The Labute approximate surface area is 123 Å². The topological polar surface area (TPSA) is 41.0 Å². The van der Waals surface area contributed by atoms with Gasteiger partial charge in [0.05, 0.1) is 10.7 Å². The highest BCUT2D eigenvalue weighted by molar-refractivity contribution is 7.09. The highest BCUT2D eigenvalue weighted by Gasteiger charge is 2.26. The number of aromatic nitrogens is 2. The van der Waals surface area contributed by atoms with Crippen LogP contribution in [0.15, 0.2) is 23.7 Å². The number of nitrogens with zero attached hydrogens (tertiary/aromatic N) is 3. The second-order valence-corrected chi connectivity index (χ2v) is 6.27. The van der Waals surface area contributed by atoms with E-state index in [0.717, 1.165) is 23.9 Å². The molecule has 20 heavy (non-hydrogen) atoms. The minimum absolute atomic E-state index is 0.493. The summed E-state index contributed by atoms with van der Waals surface area (Å²) in [4.78, 5) is 11.4. The molecule has 1 fully saturated rings. The van der Waals surface area contributed by atoms with Crippen LogP contribution in [0.25, 0.3) is 0 Å². The fourth-order valence-corrected chi connectivity index (χ4v) is 3.48. The lowest BCUT2D eigenvalue weighted by molar-refractivity contribution is 0.246. The lowest BCUT2D eigenvalue weighted by Gasteiger charge is -2.24. The van der Waals surface area contributed by atoms with Gasteiger partial charge in [0.1, 0.15) is 5.82 Å². The van der Waals surface area contributed by atoms with E-state index in [1.807, 2.05) is 13.2 Å². The third-order valence-corrected chi connectivity index (χ3v) is 4.64. The normalized spacial score (nSPS) is 19.4. The lowest BCUT2D eigenvalue weighted by atomic mass is 10.1. The second kappa shape index (κ2) is 5.89. The van der Waals surface area contributed by atoms with Gasteiger partial charge in [-0.15, -0.1) is 11.3 Å². The number of anilines is 1. The van der Waals surface area contributed by atoms with Crippen LogP contribution in [0.2, 0.25) is 0 Å². The molecule has 5 heteroatoms. The van der Waals surface area contributed by atoms with E-state index < -0.39 is 0 Å². The van der Waals surface area contributed by atoms with Gasteiger partial charge in [0.15, 0.2) is 0 Å². The molecule has 0 aliphatic carbocycles. The van der Waals surface area contributed by atoms with Gasteiger partial charge in [-0.2, -0.15) is 0 Å². The summed E-state index contributed by atoms with van der Waals surface area (Å²) in [5.74, 6) is 0.943. The Balaban J connectivity index is 1.77. The van der Waals surface area contributed by atoms with Crippen LogP contribution in [0, 0.1) is 6.92 Å². The van der Waals surface area contributed by atoms with Crippen LogP contribution in [0.1, 0.15) is 35.1 Å². The van der Waals surface area contributed by atoms with Gasteiger partial charge >= 0.3 is 0 Å². The van der Waals surface area contributed by atoms with Gasteiger partial charge < -0.3 is 5.32 Å². The molecule has 1 N–H and O–H groups in total. The number of pyridine rings is 1. The van der Waals surface area contributed by atoms with E-state index >= 15 is 0 Å². The molecule has 0 radical (unpaired) electrons. The van der Waals surface area contributed by atoms with Crippen molar-refractivity contribution in [1.82, 2.24) is 14.9 Å². The van der Waals surface area contributed by atoms with Crippen molar-refractivity contribution in [3.05, 3.63) is 40.0 Å². The van der Waals surface area contributed by atoms with Gasteiger partial charge in [-0.3, -0.25) is 4.90 Å². The summed E-state index contributed by atoms with van der Waals surface area (Å²) >= 11 is 1.73. The molecule has 0 spiro atoms. The van der Waals surface area contributed by atoms with E-state index in [2.05, 4.69) is 44.6 Å². The van der Waals surface area contributed by atoms with E-state index in [1.54, 1.807) is 11.3 Å². The Kier molecular flexibility index (Phi) is 3.98. The van der Waals surface area contributed by atoms with E-state index in [0.29, 0.717) is 6.04 Å². The van der Waals surface area contributed by atoms with E-state index in [1.165, 1.54) is 24.1 Å². The first-order chi connectivity index (χ1) is 9.76. The highest BCUT2D eigenvalue weighted by atomic mass is 32.1. The summed E-state index contributed by atoms with van der Waals surface area (Å²) in [6.45, 7) is 4.17. The quantitative estimate of drug-likeness (QED) is 0.938. The summed E-state index contributed by atoms with van der Waals surface area (Å²) < 4.78 is 0. The van der Waals surface area contributed by atoms with Crippen molar-refractivity contribution in [3.8, 4) is 0 Å². The molecule has 2 aromatic heterocycles. The summed E-state index contributed by atoms with van der Waals surface area (Å²) in [5, 5.41) is 6.45. The van der Waals surface area contributed by atoms with Crippen molar-refractivity contribution in [1.29, 1.82) is 0 Å². The molecule has 0 bridgehead atoms. The summed E-state index contributed by atoms with van der Waals surface area (Å²) in [6.07, 6.45) is 4.37. The average Bonchev–Trinajstić information content (AvgIpc) is 3.08. The van der Waals surface area contributed by atoms with Crippen LogP contribution in [0.3, 0.4) is 0 Å². The van der Waals surface area contributed by atoms with Crippen LogP contribution in [0.4, 0.5) is 5.82 Å². The van der Waals surface area contributed by atoms with Gasteiger partial charge in [0.2, 0.25) is 0 Å². The Bertz CT molecular complexity index is 581. The molecular weight excluding hydrogens is 268 g/mol. The number of hydrogen-bond donors (Lipinski definition) is 1. The molecule has 1 aliphatic rings. The molecule has 3 heterocycles. The first-order valence-corrected chi connectivity index (χ1v) is 7.93. The molecule has 0 aromatic carbocycles. The van der Waals surface area contributed by atoms with Gasteiger partial charge in [0.25, 0.3) is 0 Å². The number of hydrogen-bond acceptors (Lipinski definition) is 5. The van der Waals surface area contributed by atoms with Crippen molar-refractivity contribution >= 4 is 17.2 Å². The standard InChI is InChI=1S/C15H20N4S/c1-11-18-13(10-20-11)9-19-7-3-4-14(19)12-5-6-17-15(8-12)16-2/h5-6,8,10,14H,3-4,7,9H2,1-2H3,(H,16,17). The lowest BCUT2D eigenvalue weighted by Crippen LogP contribution is -2.23. The van der Waals surface area contributed by atoms with Crippen molar-refractivity contribution < 1.29 is 0 Å². The first kappa shape index (κ1) is 13.5. The fourth-order valence-electron chi connectivity index (χ4n) is 2.87. The SMILES string of the molecule is CNc1cc(C2CCCN2Cc2csc(C)n2)ccn1. The third-order valence-electron chi connectivity index (χ3n) is 3.82. The van der Waals surface area contributed by atoms with Crippen LogP contribution < -0.4 is 5.32 Å². The molecule has 1 atom stereocenters. The van der Waals surface area contributed by atoms with Gasteiger partial charge in [0, 0.05) is 31.2 Å². The Morgan fingerprint density at radius 1 is 1.50 bits per heavy atom. The molecule has 0 amide bonds. The van der Waals surface area contributed by atoms with Crippen LogP contribution in [-0.4, -0.2) is 28.5 Å². The molecule has 0 saturated carbocycles. The number of likely N-dealkylation sites (tertiary alicyclic amines) is 1. The van der Waals surface area contributed by atoms with E-state index in [-0.39, 0.29) is 0 Å². The van der Waals surface area contributed by atoms with E-state index in [4.69, 9.17) is 0 Å². The number of nitrogens with one attached hydrogen (secondary N) is 1. The molecule has 1 aliphatic heterocycles. The predicted molar refractivity (Wildman–Crippen MR) is 83.0 cm³/mol. The van der Waals surface area contributed by atoms with Crippen molar-refractivity contribution in [2.75, 3.05) is 18.9 Å².